The molecule has 0 fully saturated rings. The molecule has 6 nitrogen and oxygen atoms in total. The van der Waals surface area contributed by atoms with Crippen molar-refractivity contribution in [1.82, 2.24) is 9.88 Å². The molecule has 0 spiro atoms. The van der Waals surface area contributed by atoms with E-state index >= 15 is 0 Å². The Morgan fingerprint density at radius 2 is 1.68 bits per heavy atom. The SMILES string of the molecule is O=C(c1ccc(OCc2cscn2)cc1)N(Cc1ccco1)Cc1ccco1. The van der Waals surface area contributed by atoms with E-state index in [-0.39, 0.29) is 5.91 Å². The number of hydrogen-bond donors (Lipinski definition) is 0. The summed E-state index contributed by atoms with van der Waals surface area (Å²) in [6.45, 7) is 1.11. The van der Waals surface area contributed by atoms with E-state index in [9.17, 15) is 4.79 Å². The van der Waals surface area contributed by atoms with Crippen LogP contribution in [0.25, 0.3) is 0 Å². The monoisotopic (exact) mass is 394 g/mol. The third-order valence-corrected chi connectivity index (χ3v) is 4.75. The number of rotatable bonds is 8. The van der Waals surface area contributed by atoms with Gasteiger partial charge < -0.3 is 18.5 Å². The Labute approximate surface area is 166 Å². The lowest BCUT2D eigenvalue weighted by Gasteiger charge is -2.21. The molecule has 1 amide bonds. The average molecular weight is 394 g/mol. The molecule has 0 aliphatic heterocycles. The van der Waals surface area contributed by atoms with Crippen LogP contribution in [-0.4, -0.2) is 15.8 Å². The molecule has 3 heterocycles. The Hall–Kier alpha value is -3.32. The number of carbonyl (C=O) groups is 1. The smallest absolute Gasteiger partial charge is 0.254 e. The van der Waals surface area contributed by atoms with Crippen LogP contribution in [0.3, 0.4) is 0 Å². The molecule has 1 aromatic carbocycles. The van der Waals surface area contributed by atoms with E-state index < -0.39 is 0 Å². The van der Waals surface area contributed by atoms with Crippen molar-refractivity contribution in [1.29, 1.82) is 0 Å². The fourth-order valence-corrected chi connectivity index (χ4v) is 3.27. The van der Waals surface area contributed by atoms with Crippen LogP contribution in [0.1, 0.15) is 27.6 Å². The number of ether oxygens (including phenoxy) is 1. The van der Waals surface area contributed by atoms with Crippen molar-refractivity contribution in [3.63, 3.8) is 0 Å². The van der Waals surface area contributed by atoms with Gasteiger partial charge in [-0.25, -0.2) is 4.98 Å². The maximum Gasteiger partial charge on any atom is 0.254 e. The molecule has 3 aromatic heterocycles. The lowest BCUT2D eigenvalue weighted by atomic mass is 10.2. The van der Waals surface area contributed by atoms with Crippen molar-refractivity contribution < 1.29 is 18.4 Å². The molecule has 0 saturated heterocycles. The third-order valence-electron chi connectivity index (χ3n) is 4.11. The summed E-state index contributed by atoms with van der Waals surface area (Å²) >= 11 is 1.53. The van der Waals surface area contributed by atoms with Crippen LogP contribution in [0, 0.1) is 0 Å². The molecule has 0 N–H and O–H groups in total. The molecular formula is C21H18N2O4S. The van der Waals surface area contributed by atoms with E-state index in [0.717, 1.165) is 5.69 Å². The second-order valence-corrected chi connectivity index (χ2v) is 6.83. The van der Waals surface area contributed by atoms with E-state index in [1.807, 2.05) is 17.5 Å². The van der Waals surface area contributed by atoms with Gasteiger partial charge in [-0.2, -0.15) is 0 Å². The Kier molecular flexibility index (Phi) is 5.53. The molecule has 0 bridgehead atoms. The topological polar surface area (TPSA) is 68.7 Å². The van der Waals surface area contributed by atoms with Gasteiger partial charge in [0.25, 0.3) is 5.91 Å². The molecule has 0 saturated carbocycles. The number of nitrogens with zero attached hydrogens (tertiary/aromatic N) is 2. The zero-order valence-electron chi connectivity index (χ0n) is 15.0. The summed E-state index contributed by atoms with van der Waals surface area (Å²) in [5.41, 5.74) is 3.22. The summed E-state index contributed by atoms with van der Waals surface area (Å²) in [6.07, 6.45) is 3.19. The van der Waals surface area contributed by atoms with Crippen molar-refractivity contribution >= 4 is 17.2 Å². The van der Waals surface area contributed by atoms with Gasteiger partial charge in [0.1, 0.15) is 23.9 Å². The molecule has 0 aliphatic rings. The lowest BCUT2D eigenvalue weighted by molar-refractivity contribution is 0.0705. The largest absolute Gasteiger partial charge is 0.487 e. The molecule has 0 aliphatic carbocycles. The van der Waals surface area contributed by atoms with Gasteiger partial charge in [0.05, 0.1) is 36.8 Å². The number of thiazole rings is 1. The van der Waals surface area contributed by atoms with Crippen molar-refractivity contribution in [3.8, 4) is 5.75 Å². The predicted molar refractivity (Wildman–Crippen MR) is 104 cm³/mol. The van der Waals surface area contributed by atoms with Crippen molar-refractivity contribution in [2.45, 2.75) is 19.7 Å². The van der Waals surface area contributed by atoms with Crippen LogP contribution in [0.4, 0.5) is 0 Å². The predicted octanol–water partition coefficient (Wildman–Crippen LogP) is 4.75. The number of carbonyl (C=O) groups excluding carboxylic acids is 1. The van der Waals surface area contributed by atoms with Gasteiger partial charge in [-0.3, -0.25) is 4.79 Å². The summed E-state index contributed by atoms with van der Waals surface area (Å²) in [6, 6.07) is 14.4. The molecule has 142 valence electrons. The molecule has 0 atom stereocenters. The minimum absolute atomic E-state index is 0.112. The highest BCUT2D eigenvalue weighted by atomic mass is 32.1. The molecule has 4 rings (SSSR count). The van der Waals surface area contributed by atoms with Gasteiger partial charge in [0.15, 0.2) is 0 Å². The standard InChI is InChI=1S/C21H18N2O4S/c24-21(16-5-7-18(8-6-16)27-13-17-14-28-15-22-17)23(11-19-3-1-9-25-19)12-20-4-2-10-26-20/h1-10,14-15H,11-13H2. The van der Waals surface area contributed by atoms with Crippen LogP contribution in [0.15, 0.2) is 80.8 Å². The van der Waals surface area contributed by atoms with Crippen LogP contribution >= 0.6 is 11.3 Å². The van der Waals surface area contributed by atoms with Gasteiger partial charge in [0.2, 0.25) is 0 Å². The van der Waals surface area contributed by atoms with E-state index in [4.69, 9.17) is 13.6 Å². The zero-order valence-corrected chi connectivity index (χ0v) is 15.8. The summed E-state index contributed by atoms with van der Waals surface area (Å²) in [5, 5.41) is 1.94. The number of hydrogen-bond acceptors (Lipinski definition) is 6. The first-order valence-electron chi connectivity index (χ1n) is 8.72. The van der Waals surface area contributed by atoms with Crippen molar-refractivity contribution in [2.24, 2.45) is 0 Å². The maximum absolute atomic E-state index is 13.0. The molecular weight excluding hydrogens is 376 g/mol. The molecule has 28 heavy (non-hydrogen) atoms. The molecule has 7 heteroatoms. The number of aromatic nitrogens is 1. The molecule has 4 aromatic rings. The number of benzene rings is 1. The zero-order chi connectivity index (χ0) is 19.2. The number of furan rings is 2. The minimum Gasteiger partial charge on any atom is -0.487 e. The Morgan fingerprint density at radius 3 is 2.21 bits per heavy atom. The normalized spacial score (nSPS) is 10.7. The van der Waals surface area contributed by atoms with Crippen LogP contribution in [-0.2, 0) is 19.7 Å². The van der Waals surface area contributed by atoms with Crippen LogP contribution in [0.2, 0.25) is 0 Å². The van der Waals surface area contributed by atoms with Gasteiger partial charge in [0, 0.05) is 10.9 Å². The second kappa shape index (κ2) is 8.58. The summed E-state index contributed by atoms with van der Waals surface area (Å²) < 4.78 is 16.5. The highest BCUT2D eigenvalue weighted by Gasteiger charge is 2.19. The average Bonchev–Trinajstić information content (AvgIpc) is 3.49. The maximum atomic E-state index is 13.0. The van der Waals surface area contributed by atoms with Gasteiger partial charge in [-0.15, -0.1) is 11.3 Å². The lowest BCUT2D eigenvalue weighted by Crippen LogP contribution is -2.29. The Morgan fingerprint density at radius 1 is 1.00 bits per heavy atom. The summed E-state index contributed by atoms with van der Waals surface area (Å²) in [5.74, 6) is 2.00. The van der Waals surface area contributed by atoms with Crippen molar-refractivity contribution in [2.75, 3.05) is 0 Å². The fourth-order valence-electron chi connectivity index (χ4n) is 2.72. The van der Waals surface area contributed by atoms with Crippen LogP contribution < -0.4 is 4.74 Å². The summed E-state index contributed by atoms with van der Waals surface area (Å²) in [4.78, 5) is 18.9. The highest BCUT2D eigenvalue weighted by molar-refractivity contribution is 7.07. The van der Waals surface area contributed by atoms with E-state index in [2.05, 4.69) is 4.98 Å². The van der Waals surface area contributed by atoms with E-state index in [1.165, 1.54) is 11.3 Å². The van der Waals surface area contributed by atoms with Gasteiger partial charge in [-0.05, 0) is 48.5 Å². The first-order valence-corrected chi connectivity index (χ1v) is 9.66. The Bertz CT molecular complexity index is 942. The van der Waals surface area contributed by atoms with Gasteiger partial charge >= 0.3 is 0 Å². The molecule has 0 unspecified atom stereocenters. The number of amides is 1. The van der Waals surface area contributed by atoms with E-state index in [1.54, 1.807) is 59.3 Å². The summed E-state index contributed by atoms with van der Waals surface area (Å²) in [7, 11) is 0. The quantitative estimate of drug-likeness (QED) is 0.431. The van der Waals surface area contributed by atoms with E-state index in [0.29, 0.717) is 42.5 Å². The Balaban J connectivity index is 1.45. The van der Waals surface area contributed by atoms with Crippen molar-refractivity contribution in [3.05, 3.63) is 94.7 Å². The first-order chi connectivity index (χ1) is 13.8. The van der Waals surface area contributed by atoms with Gasteiger partial charge in [-0.1, -0.05) is 0 Å². The fraction of sp³-hybridized carbons (Fsp3) is 0.143. The van der Waals surface area contributed by atoms with Crippen LogP contribution in [0.5, 0.6) is 5.75 Å². The first kappa shape index (κ1) is 18.1. The molecule has 0 radical (unpaired) electrons. The minimum atomic E-state index is -0.112. The second-order valence-electron chi connectivity index (χ2n) is 6.11. The highest BCUT2D eigenvalue weighted by Crippen LogP contribution is 2.18. The third kappa shape index (κ3) is 4.50.